The summed E-state index contributed by atoms with van der Waals surface area (Å²) in [6.07, 6.45) is 5.26. The molecule has 178 valence electrons. The minimum absolute atomic E-state index is 0.00692. The summed E-state index contributed by atoms with van der Waals surface area (Å²) in [7, 11) is 1.46. The maximum Gasteiger partial charge on any atom is 0.220 e. The lowest BCUT2D eigenvalue weighted by atomic mass is 10.1. The lowest BCUT2D eigenvalue weighted by molar-refractivity contribution is -0.479. The molecule has 0 spiro atoms. The Morgan fingerprint density at radius 3 is 2.62 bits per heavy atom. The van der Waals surface area contributed by atoms with Crippen LogP contribution in [0.4, 0.5) is 0 Å². The van der Waals surface area contributed by atoms with E-state index in [9.17, 15) is 10.1 Å². The number of nitrogens with zero attached hydrogens (tertiary/aromatic N) is 4. The molecule has 9 nitrogen and oxygen atoms in total. The van der Waals surface area contributed by atoms with E-state index in [-0.39, 0.29) is 28.8 Å². The van der Waals surface area contributed by atoms with Crippen molar-refractivity contribution < 1.29 is 19.1 Å². The normalized spacial score (nSPS) is 11.5. The lowest BCUT2D eigenvalue weighted by Crippen LogP contribution is -2.12. The van der Waals surface area contributed by atoms with Crippen molar-refractivity contribution in [3.8, 4) is 35.3 Å². The van der Waals surface area contributed by atoms with E-state index in [2.05, 4.69) is 16.1 Å². The molecule has 0 unspecified atom stereocenters. The highest BCUT2D eigenvalue weighted by Gasteiger charge is 2.26. The standard InChI is InChI=1S/C23H23ClN4O5S/c1-5-11-33-22-19(24)12-16(13-20(22)31-4)21(14-27(29)30)34-23-26-25-15(3)28(23)17-7-9-18(10-8-17)32-6-2/h1,7-10,12-13,21H,6,11,14H2,2-4H3/t21-/m0/s1. The van der Waals surface area contributed by atoms with Crippen LogP contribution in [0.1, 0.15) is 23.6 Å². The molecule has 1 heterocycles. The third-order valence-electron chi connectivity index (χ3n) is 4.69. The number of rotatable bonds is 11. The molecule has 1 aromatic heterocycles. The fourth-order valence-electron chi connectivity index (χ4n) is 3.23. The van der Waals surface area contributed by atoms with Crippen LogP contribution in [0.25, 0.3) is 5.69 Å². The number of ether oxygens (including phenoxy) is 3. The molecule has 0 fully saturated rings. The summed E-state index contributed by atoms with van der Waals surface area (Å²) in [6, 6.07) is 10.7. The number of benzene rings is 2. The third kappa shape index (κ3) is 5.92. The van der Waals surface area contributed by atoms with Crippen LogP contribution in [0.5, 0.6) is 17.2 Å². The van der Waals surface area contributed by atoms with Crippen LogP contribution in [0.2, 0.25) is 5.02 Å². The van der Waals surface area contributed by atoms with Crippen LogP contribution in [-0.4, -0.2) is 46.6 Å². The van der Waals surface area contributed by atoms with Crippen molar-refractivity contribution in [1.29, 1.82) is 0 Å². The Balaban J connectivity index is 1.98. The first-order valence-electron chi connectivity index (χ1n) is 10.2. The number of aryl methyl sites for hydroxylation is 1. The number of nitro groups is 1. The molecule has 2 aromatic carbocycles. The highest BCUT2D eigenvalue weighted by atomic mass is 35.5. The second kappa shape index (κ2) is 11.6. The summed E-state index contributed by atoms with van der Waals surface area (Å²) in [5.41, 5.74) is 1.39. The highest BCUT2D eigenvalue weighted by molar-refractivity contribution is 7.99. The molecule has 0 aliphatic rings. The monoisotopic (exact) mass is 502 g/mol. The second-order valence-corrected chi connectivity index (χ2v) is 8.52. The van der Waals surface area contributed by atoms with Crippen molar-refractivity contribution in [2.45, 2.75) is 24.3 Å². The summed E-state index contributed by atoms with van der Waals surface area (Å²) >= 11 is 7.61. The van der Waals surface area contributed by atoms with E-state index in [1.165, 1.54) is 18.9 Å². The first-order chi connectivity index (χ1) is 16.4. The van der Waals surface area contributed by atoms with E-state index >= 15 is 0 Å². The molecule has 0 saturated heterocycles. The summed E-state index contributed by atoms with van der Waals surface area (Å²) in [5.74, 6) is 4.36. The zero-order chi connectivity index (χ0) is 24.7. The highest BCUT2D eigenvalue weighted by Crippen LogP contribution is 2.43. The van der Waals surface area contributed by atoms with Gasteiger partial charge in [0.15, 0.2) is 16.7 Å². The maximum absolute atomic E-state index is 11.5. The first kappa shape index (κ1) is 25.2. The number of terminal acetylenes is 1. The molecule has 0 N–H and O–H groups in total. The molecule has 0 saturated carbocycles. The van der Waals surface area contributed by atoms with E-state index in [4.69, 9.17) is 32.2 Å². The summed E-state index contributed by atoms with van der Waals surface area (Å²) in [4.78, 5) is 11.1. The van der Waals surface area contributed by atoms with E-state index in [1.807, 2.05) is 42.7 Å². The number of halogens is 1. The zero-order valence-electron chi connectivity index (χ0n) is 18.9. The Morgan fingerprint density at radius 2 is 2.00 bits per heavy atom. The predicted molar refractivity (Wildman–Crippen MR) is 130 cm³/mol. The molecule has 0 bridgehead atoms. The third-order valence-corrected chi connectivity index (χ3v) is 6.15. The maximum atomic E-state index is 11.5. The zero-order valence-corrected chi connectivity index (χ0v) is 20.4. The molecule has 3 aromatic rings. The van der Waals surface area contributed by atoms with E-state index in [0.717, 1.165) is 11.4 Å². The fourth-order valence-corrected chi connectivity index (χ4v) is 4.66. The minimum Gasteiger partial charge on any atom is -0.494 e. The second-order valence-electron chi connectivity index (χ2n) is 6.94. The Hall–Kier alpha value is -3.42. The number of thioether (sulfide) groups is 1. The number of methoxy groups -OCH3 is 1. The minimum atomic E-state index is -0.631. The van der Waals surface area contributed by atoms with Crippen molar-refractivity contribution >= 4 is 23.4 Å². The van der Waals surface area contributed by atoms with Crippen molar-refractivity contribution in [1.82, 2.24) is 14.8 Å². The van der Waals surface area contributed by atoms with E-state index in [0.29, 0.717) is 28.9 Å². The quantitative estimate of drug-likeness (QED) is 0.160. The van der Waals surface area contributed by atoms with Crippen molar-refractivity contribution in [2.75, 3.05) is 26.9 Å². The molecule has 0 amide bonds. The molecule has 11 heteroatoms. The molecule has 0 aliphatic carbocycles. The number of hydrogen-bond acceptors (Lipinski definition) is 8. The van der Waals surface area contributed by atoms with Gasteiger partial charge < -0.3 is 14.2 Å². The van der Waals surface area contributed by atoms with Gasteiger partial charge in [0.05, 0.1) is 18.7 Å². The van der Waals surface area contributed by atoms with Gasteiger partial charge in [-0.25, -0.2) is 0 Å². The van der Waals surface area contributed by atoms with Gasteiger partial charge >= 0.3 is 0 Å². The smallest absolute Gasteiger partial charge is 0.220 e. The van der Waals surface area contributed by atoms with Crippen LogP contribution in [0.3, 0.4) is 0 Å². The SMILES string of the molecule is C#CCOc1c(Cl)cc([C@H](C[N+](=O)[O-])Sc2nnc(C)n2-c2ccc(OCC)cc2)cc1OC. The van der Waals surface area contributed by atoms with Gasteiger partial charge in [0.1, 0.15) is 23.4 Å². The van der Waals surface area contributed by atoms with Crippen LogP contribution in [0.15, 0.2) is 41.6 Å². The fraction of sp³-hybridized carbons (Fsp3) is 0.304. The van der Waals surface area contributed by atoms with Crippen LogP contribution < -0.4 is 14.2 Å². The molecular weight excluding hydrogens is 480 g/mol. The Labute approximate surface area is 206 Å². The summed E-state index contributed by atoms with van der Waals surface area (Å²) < 4.78 is 18.2. The Kier molecular flexibility index (Phi) is 8.62. The van der Waals surface area contributed by atoms with Crippen LogP contribution >= 0.6 is 23.4 Å². The van der Waals surface area contributed by atoms with E-state index < -0.39 is 5.25 Å². The number of hydrogen-bond donors (Lipinski definition) is 0. The van der Waals surface area contributed by atoms with Crippen LogP contribution in [0, 0.1) is 29.4 Å². The first-order valence-corrected chi connectivity index (χ1v) is 11.5. The van der Waals surface area contributed by atoms with Gasteiger partial charge in [0.2, 0.25) is 6.54 Å². The Morgan fingerprint density at radius 1 is 1.26 bits per heavy atom. The number of aromatic nitrogens is 3. The van der Waals surface area contributed by atoms with Gasteiger partial charge in [-0.15, -0.1) is 16.6 Å². The summed E-state index contributed by atoms with van der Waals surface area (Å²) in [6.45, 7) is 3.93. The molecule has 3 rings (SSSR count). The molecule has 0 radical (unpaired) electrons. The largest absolute Gasteiger partial charge is 0.494 e. The van der Waals surface area contributed by atoms with Gasteiger partial charge in [0, 0.05) is 10.6 Å². The predicted octanol–water partition coefficient (Wildman–Crippen LogP) is 4.76. The Bertz CT molecular complexity index is 1190. The van der Waals surface area contributed by atoms with Gasteiger partial charge in [-0.05, 0) is 55.8 Å². The van der Waals surface area contributed by atoms with Crippen LogP contribution in [-0.2, 0) is 0 Å². The van der Waals surface area contributed by atoms with Crippen molar-refractivity contribution in [3.63, 3.8) is 0 Å². The van der Waals surface area contributed by atoms with Crippen molar-refractivity contribution in [2.24, 2.45) is 0 Å². The molecule has 0 aliphatic heterocycles. The molecular formula is C23H23ClN4O5S. The van der Waals surface area contributed by atoms with Gasteiger partial charge in [-0.2, -0.15) is 0 Å². The topological polar surface area (TPSA) is 102 Å². The van der Waals surface area contributed by atoms with Gasteiger partial charge in [0.25, 0.3) is 0 Å². The average Bonchev–Trinajstić information content (AvgIpc) is 3.17. The van der Waals surface area contributed by atoms with Gasteiger partial charge in [-0.1, -0.05) is 29.3 Å². The average molecular weight is 503 g/mol. The summed E-state index contributed by atoms with van der Waals surface area (Å²) in [5, 5.41) is 20.0. The van der Waals surface area contributed by atoms with E-state index in [1.54, 1.807) is 12.1 Å². The molecule has 34 heavy (non-hydrogen) atoms. The molecule has 1 atom stereocenters. The lowest BCUT2D eigenvalue weighted by Gasteiger charge is -2.17. The van der Waals surface area contributed by atoms with Gasteiger partial charge in [-0.3, -0.25) is 14.7 Å². The van der Waals surface area contributed by atoms with Crippen molar-refractivity contribution in [3.05, 3.63) is 62.9 Å².